The Hall–Kier alpha value is -1.28. The molecule has 2 rings (SSSR count). The first-order valence-electron chi connectivity index (χ1n) is 7.04. The minimum absolute atomic E-state index is 0.299. The van der Waals surface area contributed by atoms with Crippen molar-refractivity contribution in [2.75, 3.05) is 0 Å². The molecular weight excluding hydrogens is 220 g/mol. The third kappa shape index (κ3) is 2.59. The maximum Gasteiger partial charge on any atom is 0.0454 e. The van der Waals surface area contributed by atoms with E-state index in [0.29, 0.717) is 5.54 Å². The molecule has 0 unspecified atom stereocenters. The van der Waals surface area contributed by atoms with Gasteiger partial charge >= 0.3 is 0 Å². The number of aromatic nitrogens is 1. The molecule has 2 nitrogen and oxygen atoms in total. The fourth-order valence-electron chi connectivity index (χ4n) is 2.63. The van der Waals surface area contributed by atoms with Crippen molar-refractivity contribution in [1.29, 1.82) is 0 Å². The first-order chi connectivity index (χ1) is 8.73. The van der Waals surface area contributed by atoms with Gasteiger partial charge in [-0.25, -0.2) is 0 Å². The summed E-state index contributed by atoms with van der Waals surface area (Å²) in [6, 6.07) is 8.77. The summed E-state index contributed by atoms with van der Waals surface area (Å²) >= 11 is 0. The van der Waals surface area contributed by atoms with Gasteiger partial charge in [0, 0.05) is 23.8 Å². The maximum atomic E-state index is 3.75. The fraction of sp³-hybridized carbons (Fsp3) is 0.500. The number of aromatic amines is 1. The Labute approximate surface area is 110 Å². The number of hydrogen-bond acceptors (Lipinski definition) is 1. The predicted octanol–water partition coefficient (Wildman–Crippen LogP) is 4.23. The zero-order valence-electron chi connectivity index (χ0n) is 11.7. The van der Waals surface area contributed by atoms with Crippen molar-refractivity contribution in [3.63, 3.8) is 0 Å². The van der Waals surface area contributed by atoms with Gasteiger partial charge in [-0.3, -0.25) is 0 Å². The van der Waals surface area contributed by atoms with Crippen molar-refractivity contribution >= 4 is 10.9 Å². The second-order valence-corrected chi connectivity index (χ2v) is 5.09. The monoisotopic (exact) mass is 244 g/mol. The molecule has 1 aromatic carbocycles. The molecule has 2 aromatic rings. The quantitative estimate of drug-likeness (QED) is 0.782. The maximum absolute atomic E-state index is 3.75. The van der Waals surface area contributed by atoms with Gasteiger partial charge in [0.05, 0.1) is 0 Å². The number of rotatable bonds is 6. The van der Waals surface area contributed by atoms with Crippen LogP contribution >= 0.6 is 0 Å². The highest BCUT2D eigenvalue weighted by Gasteiger charge is 2.22. The highest BCUT2D eigenvalue weighted by Crippen LogP contribution is 2.21. The highest BCUT2D eigenvalue weighted by molar-refractivity contribution is 5.79. The van der Waals surface area contributed by atoms with Crippen LogP contribution in [0.25, 0.3) is 10.9 Å². The van der Waals surface area contributed by atoms with Crippen molar-refractivity contribution in [2.24, 2.45) is 0 Å². The molecule has 0 saturated carbocycles. The third-order valence-electron chi connectivity index (χ3n) is 4.32. The Morgan fingerprint density at radius 1 is 1.06 bits per heavy atom. The number of hydrogen-bond donors (Lipinski definition) is 2. The first-order valence-corrected chi connectivity index (χ1v) is 7.04. The molecule has 0 atom stereocenters. The van der Waals surface area contributed by atoms with Gasteiger partial charge in [0.1, 0.15) is 0 Å². The van der Waals surface area contributed by atoms with Crippen LogP contribution < -0.4 is 5.32 Å². The van der Waals surface area contributed by atoms with E-state index in [-0.39, 0.29) is 0 Å². The van der Waals surface area contributed by atoms with Crippen LogP contribution in [0.15, 0.2) is 30.5 Å². The van der Waals surface area contributed by atoms with Gasteiger partial charge in [-0.1, -0.05) is 26.8 Å². The molecule has 98 valence electrons. The lowest BCUT2D eigenvalue weighted by Crippen LogP contribution is -2.43. The zero-order chi connectivity index (χ0) is 13.0. The molecule has 0 fully saturated rings. The van der Waals surface area contributed by atoms with E-state index in [1.54, 1.807) is 0 Å². The van der Waals surface area contributed by atoms with Gasteiger partial charge in [0.25, 0.3) is 0 Å². The van der Waals surface area contributed by atoms with E-state index < -0.39 is 0 Å². The van der Waals surface area contributed by atoms with Crippen molar-refractivity contribution in [2.45, 2.75) is 52.1 Å². The third-order valence-corrected chi connectivity index (χ3v) is 4.32. The standard InChI is InChI=1S/C16H24N2/c1-4-16(5-2,6-3)18-12-13-7-8-15-14(11-13)9-10-17-15/h7-11,17-18H,4-6,12H2,1-3H3. The fourth-order valence-corrected chi connectivity index (χ4v) is 2.63. The molecule has 2 heteroatoms. The molecule has 0 aliphatic rings. The molecule has 0 spiro atoms. The average Bonchev–Trinajstić information content (AvgIpc) is 2.88. The topological polar surface area (TPSA) is 27.8 Å². The second kappa shape index (κ2) is 5.57. The number of benzene rings is 1. The normalized spacial score (nSPS) is 12.2. The summed E-state index contributed by atoms with van der Waals surface area (Å²) in [6.45, 7) is 7.77. The molecular formula is C16H24N2. The van der Waals surface area contributed by atoms with Gasteiger partial charge in [-0.05, 0) is 48.4 Å². The minimum atomic E-state index is 0.299. The largest absolute Gasteiger partial charge is 0.361 e. The SMILES string of the molecule is CCC(CC)(CC)NCc1ccc2[nH]ccc2c1. The van der Waals surface area contributed by atoms with Crippen LogP contribution in [0.5, 0.6) is 0 Å². The number of nitrogens with one attached hydrogen (secondary N) is 2. The van der Waals surface area contributed by atoms with Crippen LogP contribution in [0.1, 0.15) is 45.6 Å². The molecule has 1 heterocycles. The summed E-state index contributed by atoms with van der Waals surface area (Å²) < 4.78 is 0. The Kier molecular flexibility index (Phi) is 4.07. The Bertz CT molecular complexity index is 486. The van der Waals surface area contributed by atoms with E-state index >= 15 is 0 Å². The van der Waals surface area contributed by atoms with Crippen LogP contribution in [-0.2, 0) is 6.54 Å². The highest BCUT2D eigenvalue weighted by atomic mass is 15.0. The van der Waals surface area contributed by atoms with Gasteiger partial charge in [0.2, 0.25) is 0 Å². The molecule has 0 amide bonds. The molecule has 0 aliphatic heterocycles. The van der Waals surface area contributed by atoms with Crippen molar-refractivity contribution in [1.82, 2.24) is 10.3 Å². The van der Waals surface area contributed by atoms with E-state index in [1.807, 2.05) is 6.20 Å². The Morgan fingerprint density at radius 2 is 1.78 bits per heavy atom. The molecule has 2 N–H and O–H groups in total. The summed E-state index contributed by atoms with van der Waals surface area (Å²) in [5.74, 6) is 0. The van der Waals surface area contributed by atoms with E-state index in [4.69, 9.17) is 0 Å². The lowest BCUT2D eigenvalue weighted by atomic mass is 9.89. The summed E-state index contributed by atoms with van der Waals surface area (Å²) in [5, 5.41) is 5.04. The molecule has 0 radical (unpaired) electrons. The minimum Gasteiger partial charge on any atom is -0.361 e. The van der Waals surface area contributed by atoms with Crippen LogP contribution in [-0.4, -0.2) is 10.5 Å². The second-order valence-electron chi connectivity index (χ2n) is 5.09. The molecule has 0 bridgehead atoms. The lowest BCUT2D eigenvalue weighted by Gasteiger charge is -2.32. The summed E-state index contributed by atoms with van der Waals surface area (Å²) in [5.41, 5.74) is 2.88. The van der Waals surface area contributed by atoms with Crippen molar-refractivity contribution in [3.05, 3.63) is 36.0 Å². The average molecular weight is 244 g/mol. The molecule has 0 aliphatic carbocycles. The van der Waals surface area contributed by atoms with Crippen LogP contribution in [0, 0.1) is 0 Å². The molecule has 18 heavy (non-hydrogen) atoms. The summed E-state index contributed by atoms with van der Waals surface area (Å²) in [6.07, 6.45) is 5.56. The molecule has 1 aromatic heterocycles. The van der Waals surface area contributed by atoms with Crippen molar-refractivity contribution < 1.29 is 0 Å². The summed E-state index contributed by atoms with van der Waals surface area (Å²) in [7, 11) is 0. The zero-order valence-corrected chi connectivity index (χ0v) is 11.7. The van der Waals surface area contributed by atoms with E-state index in [9.17, 15) is 0 Å². The van der Waals surface area contributed by atoms with E-state index in [0.717, 1.165) is 6.54 Å². The molecule has 0 saturated heterocycles. The van der Waals surface area contributed by atoms with E-state index in [1.165, 1.54) is 35.7 Å². The van der Waals surface area contributed by atoms with Gasteiger partial charge < -0.3 is 10.3 Å². The number of fused-ring (bicyclic) bond motifs is 1. The van der Waals surface area contributed by atoms with Gasteiger partial charge in [-0.15, -0.1) is 0 Å². The van der Waals surface area contributed by atoms with Crippen LogP contribution in [0.4, 0.5) is 0 Å². The van der Waals surface area contributed by atoms with E-state index in [2.05, 4.69) is 55.3 Å². The lowest BCUT2D eigenvalue weighted by molar-refractivity contribution is 0.288. The smallest absolute Gasteiger partial charge is 0.0454 e. The Balaban J connectivity index is 2.09. The Morgan fingerprint density at radius 3 is 2.44 bits per heavy atom. The summed E-state index contributed by atoms with van der Waals surface area (Å²) in [4.78, 5) is 3.23. The predicted molar refractivity (Wildman–Crippen MR) is 78.7 cm³/mol. The first kappa shape index (κ1) is 13.2. The van der Waals surface area contributed by atoms with Gasteiger partial charge in [0.15, 0.2) is 0 Å². The van der Waals surface area contributed by atoms with Crippen molar-refractivity contribution in [3.8, 4) is 0 Å². The van der Waals surface area contributed by atoms with Crippen LogP contribution in [0.2, 0.25) is 0 Å². The van der Waals surface area contributed by atoms with Gasteiger partial charge in [-0.2, -0.15) is 0 Å². The van der Waals surface area contributed by atoms with Crippen LogP contribution in [0.3, 0.4) is 0 Å². The number of H-pyrrole nitrogens is 1.